The topological polar surface area (TPSA) is 26.0 Å². The van der Waals surface area contributed by atoms with Crippen molar-refractivity contribution in [1.29, 1.82) is 0 Å². The van der Waals surface area contributed by atoms with Gasteiger partial charge < -0.3 is 5.73 Å². The summed E-state index contributed by atoms with van der Waals surface area (Å²) in [4.78, 5) is 0. The standard InChI is InChI=1S/C13H11Cl2N/c1-8-3-2-4-9(5-8)11-6-10(16)7-12(14)13(11)15/h2-7H,16H2,1H3. The first kappa shape index (κ1) is 11.3. The Morgan fingerprint density at radius 3 is 2.50 bits per heavy atom. The molecular weight excluding hydrogens is 241 g/mol. The minimum Gasteiger partial charge on any atom is -0.399 e. The number of anilines is 1. The molecule has 0 saturated carbocycles. The van der Waals surface area contributed by atoms with Gasteiger partial charge in [-0.15, -0.1) is 0 Å². The fourth-order valence-electron chi connectivity index (χ4n) is 1.63. The van der Waals surface area contributed by atoms with Gasteiger partial charge in [-0.25, -0.2) is 0 Å². The molecule has 0 fully saturated rings. The van der Waals surface area contributed by atoms with Crippen LogP contribution in [-0.4, -0.2) is 0 Å². The second-order valence-electron chi connectivity index (χ2n) is 3.73. The lowest BCUT2D eigenvalue weighted by Gasteiger charge is -2.08. The molecule has 0 aliphatic carbocycles. The Labute approximate surface area is 105 Å². The molecule has 3 heteroatoms. The summed E-state index contributed by atoms with van der Waals surface area (Å²) in [7, 11) is 0. The van der Waals surface area contributed by atoms with E-state index in [0.717, 1.165) is 11.1 Å². The third-order valence-corrected chi connectivity index (χ3v) is 3.18. The van der Waals surface area contributed by atoms with Crippen molar-refractivity contribution in [3.8, 4) is 11.1 Å². The molecule has 0 radical (unpaired) electrons. The Bertz CT molecular complexity index is 535. The van der Waals surface area contributed by atoms with Gasteiger partial charge >= 0.3 is 0 Å². The normalized spacial score (nSPS) is 10.4. The maximum atomic E-state index is 6.16. The first-order chi connectivity index (χ1) is 7.58. The highest BCUT2D eigenvalue weighted by molar-refractivity contribution is 6.44. The van der Waals surface area contributed by atoms with Crippen LogP contribution in [0.4, 0.5) is 5.69 Å². The van der Waals surface area contributed by atoms with E-state index in [1.807, 2.05) is 31.2 Å². The van der Waals surface area contributed by atoms with Gasteiger partial charge in [0.15, 0.2) is 0 Å². The van der Waals surface area contributed by atoms with Crippen molar-refractivity contribution in [2.24, 2.45) is 0 Å². The zero-order valence-electron chi connectivity index (χ0n) is 8.80. The molecule has 0 aliphatic heterocycles. The van der Waals surface area contributed by atoms with E-state index in [-0.39, 0.29) is 0 Å². The third-order valence-electron chi connectivity index (χ3n) is 2.38. The van der Waals surface area contributed by atoms with Crippen LogP contribution in [0.5, 0.6) is 0 Å². The van der Waals surface area contributed by atoms with Crippen LogP contribution < -0.4 is 5.73 Å². The fourth-order valence-corrected chi connectivity index (χ4v) is 2.08. The number of halogens is 2. The lowest BCUT2D eigenvalue weighted by Crippen LogP contribution is -1.88. The van der Waals surface area contributed by atoms with E-state index in [1.165, 1.54) is 5.56 Å². The molecule has 0 heterocycles. The van der Waals surface area contributed by atoms with Gasteiger partial charge in [-0.1, -0.05) is 53.0 Å². The summed E-state index contributed by atoms with van der Waals surface area (Å²) in [5.41, 5.74) is 9.45. The van der Waals surface area contributed by atoms with Gasteiger partial charge in [-0.3, -0.25) is 0 Å². The average Bonchev–Trinajstić information content (AvgIpc) is 2.23. The van der Waals surface area contributed by atoms with Crippen LogP contribution in [0.15, 0.2) is 36.4 Å². The Balaban J connectivity index is 2.64. The summed E-state index contributed by atoms with van der Waals surface area (Å²) in [5.74, 6) is 0. The predicted octanol–water partition coefficient (Wildman–Crippen LogP) is 4.55. The number of benzene rings is 2. The molecule has 2 N–H and O–H groups in total. The molecule has 0 amide bonds. The van der Waals surface area contributed by atoms with Crippen molar-refractivity contribution in [1.82, 2.24) is 0 Å². The van der Waals surface area contributed by atoms with Crippen molar-refractivity contribution in [2.45, 2.75) is 6.92 Å². The molecule has 0 atom stereocenters. The monoisotopic (exact) mass is 251 g/mol. The number of hydrogen-bond acceptors (Lipinski definition) is 1. The van der Waals surface area contributed by atoms with E-state index < -0.39 is 0 Å². The van der Waals surface area contributed by atoms with Crippen molar-refractivity contribution in [2.75, 3.05) is 5.73 Å². The summed E-state index contributed by atoms with van der Waals surface area (Å²) in [6.45, 7) is 2.03. The van der Waals surface area contributed by atoms with E-state index in [2.05, 4.69) is 6.07 Å². The number of nitrogens with two attached hydrogens (primary N) is 1. The number of hydrogen-bond donors (Lipinski definition) is 1. The molecule has 0 aliphatic rings. The Hall–Kier alpha value is -1.18. The van der Waals surface area contributed by atoms with Gasteiger partial charge in [-0.05, 0) is 24.6 Å². The van der Waals surface area contributed by atoms with Gasteiger partial charge in [0.2, 0.25) is 0 Å². The van der Waals surface area contributed by atoms with Crippen LogP contribution in [0.1, 0.15) is 5.56 Å². The predicted molar refractivity (Wildman–Crippen MR) is 71.0 cm³/mol. The van der Waals surface area contributed by atoms with E-state index in [0.29, 0.717) is 15.7 Å². The fraction of sp³-hybridized carbons (Fsp3) is 0.0769. The van der Waals surface area contributed by atoms with Crippen molar-refractivity contribution < 1.29 is 0 Å². The van der Waals surface area contributed by atoms with E-state index in [9.17, 15) is 0 Å². The largest absolute Gasteiger partial charge is 0.399 e. The Morgan fingerprint density at radius 1 is 1.06 bits per heavy atom. The van der Waals surface area contributed by atoms with Crippen molar-refractivity contribution in [3.63, 3.8) is 0 Å². The van der Waals surface area contributed by atoms with Crippen LogP contribution in [0.25, 0.3) is 11.1 Å². The second-order valence-corrected chi connectivity index (χ2v) is 4.52. The van der Waals surface area contributed by atoms with Crippen LogP contribution in [-0.2, 0) is 0 Å². The summed E-state index contributed by atoms with van der Waals surface area (Å²) in [6.07, 6.45) is 0. The average molecular weight is 252 g/mol. The molecule has 0 bridgehead atoms. The summed E-state index contributed by atoms with van der Waals surface area (Å²) < 4.78 is 0. The minimum atomic E-state index is 0.484. The lowest BCUT2D eigenvalue weighted by atomic mass is 10.0. The summed E-state index contributed by atoms with van der Waals surface area (Å²) in [5, 5.41) is 1.03. The van der Waals surface area contributed by atoms with Crippen LogP contribution >= 0.6 is 23.2 Å². The van der Waals surface area contributed by atoms with E-state index >= 15 is 0 Å². The molecular formula is C13H11Cl2N. The maximum Gasteiger partial charge on any atom is 0.0672 e. The van der Waals surface area contributed by atoms with Crippen LogP contribution in [0, 0.1) is 6.92 Å². The second kappa shape index (κ2) is 4.36. The first-order valence-electron chi connectivity index (χ1n) is 4.89. The van der Waals surface area contributed by atoms with Gasteiger partial charge in [0.1, 0.15) is 0 Å². The molecule has 0 unspecified atom stereocenters. The van der Waals surface area contributed by atoms with Gasteiger partial charge in [0.05, 0.1) is 10.0 Å². The SMILES string of the molecule is Cc1cccc(-c2cc(N)cc(Cl)c2Cl)c1. The first-order valence-corrected chi connectivity index (χ1v) is 5.65. The molecule has 1 nitrogen and oxygen atoms in total. The van der Waals surface area contributed by atoms with E-state index in [4.69, 9.17) is 28.9 Å². The number of rotatable bonds is 1. The molecule has 0 spiro atoms. The van der Waals surface area contributed by atoms with Gasteiger partial charge in [0, 0.05) is 11.3 Å². The Morgan fingerprint density at radius 2 is 1.81 bits per heavy atom. The molecule has 2 rings (SSSR count). The smallest absolute Gasteiger partial charge is 0.0672 e. The van der Waals surface area contributed by atoms with Crippen molar-refractivity contribution in [3.05, 3.63) is 52.0 Å². The molecule has 2 aromatic carbocycles. The quantitative estimate of drug-likeness (QED) is 0.740. The number of nitrogen functional groups attached to an aromatic ring is 1. The lowest BCUT2D eigenvalue weighted by molar-refractivity contribution is 1.47. The number of aryl methyl sites for hydroxylation is 1. The zero-order chi connectivity index (χ0) is 11.7. The van der Waals surface area contributed by atoms with E-state index in [1.54, 1.807) is 6.07 Å². The zero-order valence-corrected chi connectivity index (χ0v) is 10.3. The molecule has 2 aromatic rings. The maximum absolute atomic E-state index is 6.16. The molecule has 0 aromatic heterocycles. The van der Waals surface area contributed by atoms with Gasteiger partial charge in [-0.2, -0.15) is 0 Å². The van der Waals surface area contributed by atoms with Crippen molar-refractivity contribution >= 4 is 28.9 Å². The molecule has 82 valence electrons. The molecule has 16 heavy (non-hydrogen) atoms. The highest BCUT2D eigenvalue weighted by Crippen LogP contribution is 2.35. The third kappa shape index (κ3) is 2.16. The van der Waals surface area contributed by atoms with Crippen LogP contribution in [0.2, 0.25) is 10.0 Å². The highest BCUT2D eigenvalue weighted by atomic mass is 35.5. The summed E-state index contributed by atoms with van der Waals surface area (Å²) in [6, 6.07) is 11.6. The summed E-state index contributed by atoms with van der Waals surface area (Å²) >= 11 is 12.2. The van der Waals surface area contributed by atoms with Gasteiger partial charge in [0.25, 0.3) is 0 Å². The van der Waals surface area contributed by atoms with Crippen LogP contribution in [0.3, 0.4) is 0 Å². The minimum absolute atomic E-state index is 0.484. The molecule has 0 saturated heterocycles. The highest BCUT2D eigenvalue weighted by Gasteiger charge is 2.08. The Kier molecular flexibility index (Phi) is 3.08.